The summed E-state index contributed by atoms with van der Waals surface area (Å²) in [5, 5.41) is 0. The van der Waals surface area contributed by atoms with E-state index in [0.717, 1.165) is 0 Å². The van der Waals surface area contributed by atoms with E-state index in [1.165, 1.54) is 16.4 Å². The molecule has 0 aliphatic carbocycles. The van der Waals surface area contributed by atoms with Crippen molar-refractivity contribution in [2.24, 2.45) is 11.1 Å². The first-order valence-electron chi connectivity index (χ1n) is 6.32. The molecular formula is C13H21ClN2O4S. The molecule has 2 N–H and O–H groups in total. The Balaban J connectivity index is 0.00000220. The van der Waals surface area contributed by atoms with E-state index < -0.39 is 10.0 Å². The molecule has 1 heterocycles. The van der Waals surface area contributed by atoms with Gasteiger partial charge in [-0.25, -0.2) is 12.7 Å². The van der Waals surface area contributed by atoms with Crippen LogP contribution >= 0.6 is 12.4 Å². The zero-order valence-corrected chi connectivity index (χ0v) is 14.0. The molecule has 0 atom stereocenters. The van der Waals surface area contributed by atoms with Crippen LogP contribution in [0.15, 0.2) is 23.1 Å². The first-order valence-corrected chi connectivity index (χ1v) is 7.76. The quantitative estimate of drug-likeness (QED) is 0.880. The number of hydrogen-bond donors (Lipinski definition) is 1. The Hall–Kier alpha value is -1.02. The second-order valence-corrected chi connectivity index (χ2v) is 7.69. The Morgan fingerprint density at radius 1 is 1.29 bits per heavy atom. The van der Waals surface area contributed by atoms with Crippen LogP contribution < -0.4 is 15.2 Å². The topological polar surface area (TPSA) is 81.9 Å². The second kappa shape index (κ2) is 6.39. The maximum Gasteiger partial charge on any atom is 0.242 e. The van der Waals surface area contributed by atoms with Crippen molar-refractivity contribution in [2.45, 2.75) is 18.7 Å². The van der Waals surface area contributed by atoms with Gasteiger partial charge < -0.3 is 15.2 Å². The van der Waals surface area contributed by atoms with Crippen LogP contribution in [0.1, 0.15) is 13.8 Å². The zero-order valence-electron chi connectivity index (χ0n) is 12.3. The normalized spacial score (nSPS) is 14.1. The van der Waals surface area contributed by atoms with Crippen molar-refractivity contribution >= 4 is 22.4 Å². The van der Waals surface area contributed by atoms with Crippen LogP contribution in [0.2, 0.25) is 0 Å². The molecule has 120 valence electrons. The molecule has 0 unspecified atom stereocenters. The number of rotatable bonds is 5. The summed E-state index contributed by atoms with van der Waals surface area (Å²) in [6, 6.07) is 4.62. The zero-order chi connectivity index (χ0) is 15.0. The maximum atomic E-state index is 12.5. The molecule has 2 rings (SSSR count). The molecule has 0 bridgehead atoms. The van der Waals surface area contributed by atoms with Gasteiger partial charge in [-0.05, 0) is 24.1 Å². The highest BCUT2D eigenvalue weighted by Crippen LogP contribution is 2.34. The highest BCUT2D eigenvalue weighted by Gasteiger charge is 2.28. The number of hydrogen-bond acceptors (Lipinski definition) is 5. The molecule has 0 saturated carbocycles. The molecule has 0 saturated heterocycles. The first-order chi connectivity index (χ1) is 9.26. The van der Waals surface area contributed by atoms with Gasteiger partial charge in [0.25, 0.3) is 0 Å². The highest BCUT2D eigenvalue weighted by molar-refractivity contribution is 7.89. The van der Waals surface area contributed by atoms with Gasteiger partial charge in [0.05, 0.1) is 4.90 Å². The number of nitrogens with zero attached hydrogens (tertiary/aromatic N) is 1. The highest BCUT2D eigenvalue weighted by atomic mass is 35.5. The fourth-order valence-corrected chi connectivity index (χ4v) is 3.34. The number of ether oxygens (including phenoxy) is 2. The standard InChI is InChI=1S/C13H20N2O4S.ClH/c1-13(2,7-14)8-15(3)20(16,17)10-4-5-11-12(6-10)19-9-18-11;/h4-6H,7-9,14H2,1-3H3;1H. The van der Waals surface area contributed by atoms with E-state index in [0.29, 0.717) is 24.6 Å². The van der Waals surface area contributed by atoms with E-state index in [1.807, 2.05) is 13.8 Å². The van der Waals surface area contributed by atoms with Crippen molar-refractivity contribution in [1.29, 1.82) is 0 Å². The Morgan fingerprint density at radius 3 is 2.52 bits per heavy atom. The van der Waals surface area contributed by atoms with Crippen molar-refractivity contribution in [3.8, 4) is 11.5 Å². The molecule has 1 aromatic carbocycles. The van der Waals surface area contributed by atoms with Gasteiger partial charge in [0.2, 0.25) is 16.8 Å². The molecular weight excluding hydrogens is 316 g/mol. The lowest BCUT2D eigenvalue weighted by atomic mass is 9.94. The minimum absolute atomic E-state index is 0. The summed E-state index contributed by atoms with van der Waals surface area (Å²) in [6.07, 6.45) is 0. The minimum Gasteiger partial charge on any atom is -0.454 e. The summed E-state index contributed by atoms with van der Waals surface area (Å²) in [4.78, 5) is 0.192. The molecule has 1 aliphatic heterocycles. The molecule has 0 fully saturated rings. The Labute approximate surface area is 131 Å². The van der Waals surface area contributed by atoms with Crippen LogP contribution in [0, 0.1) is 5.41 Å². The fraction of sp³-hybridized carbons (Fsp3) is 0.538. The smallest absolute Gasteiger partial charge is 0.242 e. The third-order valence-corrected chi connectivity index (χ3v) is 5.05. The summed E-state index contributed by atoms with van der Waals surface area (Å²) in [5.41, 5.74) is 5.37. The molecule has 0 spiro atoms. The van der Waals surface area contributed by atoms with Crippen molar-refractivity contribution in [3.05, 3.63) is 18.2 Å². The number of halogens is 1. The number of fused-ring (bicyclic) bond motifs is 1. The monoisotopic (exact) mass is 336 g/mol. The molecule has 0 amide bonds. The van der Waals surface area contributed by atoms with Crippen molar-refractivity contribution in [2.75, 3.05) is 26.9 Å². The van der Waals surface area contributed by atoms with E-state index in [4.69, 9.17) is 15.2 Å². The first kappa shape index (κ1) is 18.0. The van der Waals surface area contributed by atoms with Crippen LogP contribution in [0.3, 0.4) is 0 Å². The van der Waals surface area contributed by atoms with Gasteiger partial charge in [0.1, 0.15) is 0 Å². The lowest BCUT2D eigenvalue weighted by Gasteiger charge is -2.28. The van der Waals surface area contributed by atoms with Crippen LogP contribution in [-0.2, 0) is 10.0 Å². The van der Waals surface area contributed by atoms with E-state index in [9.17, 15) is 8.42 Å². The summed E-state index contributed by atoms with van der Waals surface area (Å²) >= 11 is 0. The molecule has 1 aromatic rings. The molecule has 6 nitrogen and oxygen atoms in total. The van der Waals surface area contributed by atoms with Gasteiger partial charge in [-0.1, -0.05) is 13.8 Å². The molecule has 8 heteroatoms. The Bertz CT molecular complexity index is 604. The average Bonchev–Trinajstić information content (AvgIpc) is 2.85. The fourth-order valence-electron chi connectivity index (χ4n) is 1.97. The lowest BCUT2D eigenvalue weighted by Crippen LogP contribution is -2.39. The molecule has 0 aromatic heterocycles. The third kappa shape index (κ3) is 3.79. The van der Waals surface area contributed by atoms with Crippen LogP contribution in [0.5, 0.6) is 11.5 Å². The predicted octanol–water partition coefficient (Wildman–Crippen LogP) is 1.44. The second-order valence-electron chi connectivity index (χ2n) is 5.64. The Kier molecular flexibility index (Phi) is 5.49. The summed E-state index contributed by atoms with van der Waals surface area (Å²) in [5.74, 6) is 1.02. The van der Waals surface area contributed by atoms with Crippen molar-refractivity contribution in [1.82, 2.24) is 4.31 Å². The predicted molar refractivity (Wildman–Crippen MR) is 82.5 cm³/mol. The maximum absolute atomic E-state index is 12.5. The summed E-state index contributed by atoms with van der Waals surface area (Å²) in [7, 11) is -2.01. The van der Waals surface area contributed by atoms with Gasteiger partial charge in [0.15, 0.2) is 11.5 Å². The van der Waals surface area contributed by atoms with Crippen LogP contribution in [0.25, 0.3) is 0 Å². The number of sulfonamides is 1. The Morgan fingerprint density at radius 2 is 1.90 bits per heavy atom. The SMILES string of the molecule is CN(CC(C)(C)CN)S(=O)(=O)c1ccc2c(c1)OCO2.Cl. The van der Waals surface area contributed by atoms with Gasteiger partial charge in [-0.2, -0.15) is 0 Å². The van der Waals surface area contributed by atoms with E-state index in [2.05, 4.69) is 0 Å². The van der Waals surface area contributed by atoms with E-state index in [-0.39, 0.29) is 29.5 Å². The van der Waals surface area contributed by atoms with Crippen LogP contribution in [0.4, 0.5) is 0 Å². The van der Waals surface area contributed by atoms with E-state index >= 15 is 0 Å². The van der Waals surface area contributed by atoms with Crippen molar-refractivity contribution < 1.29 is 17.9 Å². The average molecular weight is 337 g/mol. The number of benzene rings is 1. The van der Waals surface area contributed by atoms with E-state index in [1.54, 1.807) is 13.1 Å². The van der Waals surface area contributed by atoms with Gasteiger partial charge in [-0.15, -0.1) is 12.4 Å². The number of nitrogens with two attached hydrogens (primary N) is 1. The molecule has 0 radical (unpaired) electrons. The summed E-state index contributed by atoms with van der Waals surface area (Å²) < 4.78 is 36.7. The van der Waals surface area contributed by atoms with Gasteiger partial charge in [0, 0.05) is 19.7 Å². The van der Waals surface area contributed by atoms with Crippen LogP contribution in [-0.4, -0.2) is 39.7 Å². The van der Waals surface area contributed by atoms with Gasteiger partial charge >= 0.3 is 0 Å². The minimum atomic E-state index is -3.56. The largest absolute Gasteiger partial charge is 0.454 e. The summed E-state index contributed by atoms with van der Waals surface area (Å²) in [6.45, 7) is 4.74. The molecule has 1 aliphatic rings. The van der Waals surface area contributed by atoms with Crippen molar-refractivity contribution in [3.63, 3.8) is 0 Å². The molecule has 21 heavy (non-hydrogen) atoms. The third-order valence-electron chi connectivity index (χ3n) is 3.26. The lowest BCUT2D eigenvalue weighted by molar-refractivity contribution is 0.174. The van der Waals surface area contributed by atoms with Gasteiger partial charge in [-0.3, -0.25) is 0 Å².